The number of aromatic nitrogens is 1. The maximum Gasteiger partial charge on any atom is 0.255 e. The number of carbonyl (C=O) groups excluding carboxylic acids is 2. The molecule has 0 spiro atoms. The Labute approximate surface area is 187 Å². The minimum Gasteiger partial charge on any atom is -0.348 e. The average Bonchev–Trinajstić information content (AvgIpc) is 3.21. The maximum absolute atomic E-state index is 13.4. The van der Waals surface area contributed by atoms with Gasteiger partial charge in [0.1, 0.15) is 6.54 Å². The Morgan fingerprint density at radius 1 is 0.938 bits per heavy atom. The topological polar surface area (TPSA) is 54.3 Å². The minimum atomic E-state index is -0.312. The van der Waals surface area contributed by atoms with Gasteiger partial charge in [-0.05, 0) is 43.7 Å². The smallest absolute Gasteiger partial charge is 0.255 e. The molecule has 2 heterocycles. The van der Waals surface area contributed by atoms with Gasteiger partial charge in [-0.2, -0.15) is 0 Å². The molecule has 1 atom stereocenters. The van der Waals surface area contributed by atoms with Crippen molar-refractivity contribution in [1.82, 2.24) is 9.47 Å². The highest BCUT2D eigenvalue weighted by Gasteiger charge is 2.40. The predicted octanol–water partition coefficient (Wildman–Crippen LogP) is 4.98. The van der Waals surface area contributed by atoms with Crippen molar-refractivity contribution in [2.45, 2.75) is 19.9 Å². The van der Waals surface area contributed by atoms with Crippen LogP contribution in [0.3, 0.4) is 0 Å². The second-order valence-corrected chi connectivity index (χ2v) is 8.41. The van der Waals surface area contributed by atoms with Gasteiger partial charge in [-0.15, -0.1) is 0 Å². The van der Waals surface area contributed by atoms with E-state index in [1.807, 2.05) is 74.6 Å². The number of nitrogens with one attached hydrogen (secondary N) is 1. The summed E-state index contributed by atoms with van der Waals surface area (Å²) >= 11 is 0. The van der Waals surface area contributed by atoms with Crippen LogP contribution < -0.4 is 5.32 Å². The van der Waals surface area contributed by atoms with E-state index in [0.29, 0.717) is 5.56 Å². The molecule has 5 rings (SSSR count). The van der Waals surface area contributed by atoms with Crippen LogP contribution in [0.4, 0.5) is 5.69 Å². The Hall–Kier alpha value is -3.86. The van der Waals surface area contributed by atoms with Gasteiger partial charge in [0.05, 0.1) is 6.04 Å². The largest absolute Gasteiger partial charge is 0.348 e. The zero-order valence-electron chi connectivity index (χ0n) is 18.4. The minimum absolute atomic E-state index is 0.0191. The van der Waals surface area contributed by atoms with Gasteiger partial charge in [0, 0.05) is 40.5 Å². The Morgan fingerprint density at radius 3 is 2.41 bits per heavy atom. The molecule has 1 aliphatic rings. The summed E-state index contributed by atoms with van der Waals surface area (Å²) in [7, 11) is 2.04. The van der Waals surface area contributed by atoms with Gasteiger partial charge in [0.2, 0.25) is 5.91 Å². The molecule has 1 aliphatic heterocycles. The van der Waals surface area contributed by atoms with E-state index in [-0.39, 0.29) is 24.4 Å². The fourth-order valence-electron chi connectivity index (χ4n) is 4.73. The van der Waals surface area contributed by atoms with E-state index in [4.69, 9.17) is 0 Å². The van der Waals surface area contributed by atoms with Gasteiger partial charge in [-0.25, -0.2) is 0 Å². The summed E-state index contributed by atoms with van der Waals surface area (Å²) in [5.74, 6) is -0.324. The van der Waals surface area contributed by atoms with E-state index in [2.05, 4.69) is 28.9 Å². The first kappa shape index (κ1) is 20.1. The van der Waals surface area contributed by atoms with E-state index in [0.717, 1.165) is 39.0 Å². The monoisotopic (exact) mass is 423 g/mol. The SMILES string of the molecule is Cc1ccc(NC(=O)CN2C(=O)c3ccccc3C2c2c(C)n(C)c3ccccc23)cc1. The van der Waals surface area contributed by atoms with E-state index >= 15 is 0 Å². The maximum atomic E-state index is 13.4. The summed E-state index contributed by atoms with van der Waals surface area (Å²) in [6, 6.07) is 23.2. The molecule has 1 N–H and O–H groups in total. The number of amides is 2. The van der Waals surface area contributed by atoms with Gasteiger partial charge >= 0.3 is 0 Å². The first-order chi connectivity index (χ1) is 15.5. The number of hydrogen-bond acceptors (Lipinski definition) is 2. The highest BCUT2D eigenvalue weighted by atomic mass is 16.2. The van der Waals surface area contributed by atoms with Crippen LogP contribution in [0.2, 0.25) is 0 Å². The lowest BCUT2D eigenvalue weighted by molar-refractivity contribution is -0.117. The van der Waals surface area contributed by atoms with Crippen molar-refractivity contribution in [1.29, 1.82) is 0 Å². The van der Waals surface area contributed by atoms with E-state index < -0.39 is 0 Å². The standard InChI is InChI=1S/C27H25N3O2/c1-17-12-14-19(15-13-17)28-24(31)16-30-26(20-8-4-5-9-21(20)27(30)32)25-18(2)29(3)23-11-7-6-10-22(23)25/h4-15,26H,16H2,1-3H3,(H,28,31). The van der Waals surface area contributed by atoms with E-state index in [9.17, 15) is 9.59 Å². The third kappa shape index (κ3) is 3.17. The molecule has 0 radical (unpaired) electrons. The van der Waals surface area contributed by atoms with Crippen molar-refractivity contribution in [2.24, 2.45) is 7.05 Å². The molecule has 5 nitrogen and oxygen atoms in total. The highest BCUT2D eigenvalue weighted by molar-refractivity contribution is 6.04. The number of carbonyl (C=O) groups is 2. The van der Waals surface area contributed by atoms with Gasteiger partial charge < -0.3 is 14.8 Å². The van der Waals surface area contributed by atoms with Crippen LogP contribution in [-0.4, -0.2) is 27.8 Å². The summed E-state index contributed by atoms with van der Waals surface area (Å²) < 4.78 is 2.15. The van der Waals surface area contributed by atoms with Gasteiger partial charge in [0.15, 0.2) is 0 Å². The molecule has 1 unspecified atom stereocenters. The van der Waals surface area contributed by atoms with Gasteiger partial charge in [-0.1, -0.05) is 54.1 Å². The normalized spacial score (nSPS) is 15.3. The molecule has 0 bridgehead atoms. The Balaban J connectivity index is 1.56. The van der Waals surface area contributed by atoms with Crippen molar-refractivity contribution < 1.29 is 9.59 Å². The second-order valence-electron chi connectivity index (χ2n) is 8.41. The van der Waals surface area contributed by atoms with Crippen molar-refractivity contribution in [3.8, 4) is 0 Å². The molecule has 1 aromatic heterocycles. The Morgan fingerprint density at radius 2 is 1.62 bits per heavy atom. The third-order valence-electron chi connectivity index (χ3n) is 6.43. The first-order valence-corrected chi connectivity index (χ1v) is 10.8. The van der Waals surface area contributed by atoms with Crippen LogP contribution in [-0.2, 0) is 11.8 Å². The van der Waals surface area contributed by atoms with Crippen LogP contribution in [0, 0.1) is 13.8 Å². The molecule has 0 saturated heterocycles. The summed E-state index contributed by atoms with van der Waals surface area (Å²) in [4.78, 5) is 28.1. The van der Waals surface area contributed by atoms with Crippen LogP contribution in [0.25, 0.3) is 10.9 Å². The zero-order valence-corrected chi connectivity index (χ0v) is 18.4. The van der Waals surface area contributed by atoms with E-state index in [1.54, 1.807) is 4.90 Å². The van der Waals surface area contributed by atoms with Crippen molar-refractivity contribution in [3.05, 3.63) is 101 Å². The predicted molar refractivity (Wildman–Crippen MR) is 127 cm³/mol. The number of benzene rings is 3. The van der Waals surface area contributed by atoms with Gasteiger partial charge in [0.25, 0.3) is 5.91 Å². The van der Waals surface area contributed by atoms with Crippen LogP contribution in [0.5, 0.6) is 0 Å². The van der Waals surface area contributed by atoms with Crippen molar-refractivity contribution in [2.75, 3.05) is 11.9 Å². The molecule has 0 saturated carbocycles. The molecule has 3 aromatic carbocycles. The number of rotatable bonds is 4. The molecule has 4 aromatic rings. The number of aryl methyl sites for hydroxylation is 2. The molecular weight excluding hydrogens is 398 g/mol. The van der Waals surface area contributed by atoms with Crippen LogP contribution in [0.15, 0.2) is 72.8 Å². The van der Waals surface area contributed by atoms with Crippen molar-refractivity contribution in [3.63, 3.8) is 0 Å². The highest BCUT2D eigenvalue weighted by Crippen LogP contribution is 2.43. The third-order valence-corrected chi connectivity index (χ3v) is 6.43. The fraction of sp³-hybridized carbons (Fsp3) is 0.185. The van der Waals surface area contributed by atoms with Crippen molar-refractivity contribution >= 4 is 28.4 Å². The van der Waals surface area contributed by atoms with E-state index in [1.165, 1.54) is 0 Å². The molecule has 0 aliphatic carbocycles. The summed E-state index contributed by atoms with van der Waals surface area (Å²) in [6.07, 6.45) is 0. The Bertz CT molecular complexity index is 1350. The number of anilines is 1. The number of fused-ring (bicyclic) bond motifs is 2. The molecule has 5 heteroatoms. The van der Waals surface area contributed by atoms with Crippen LogP contribution >= 0.6 is 0 Å². The Kier molecular flexibility index (Phi) is 4.82. The number of hydrogen-bond donors (Lipinski definition) is 1. The molecular formula is C27H25N3O2. The lowest BCUT2D eigenvalue weighted by atomic mass is 9.95. The molecule has 32 heavy (non-hydrogen) atoms. The molecule has 2 amide bonds. The lowest BCUT2D eigenvalue weighted by Gasteiger charge is -2.26. The quantitative estimate of drug-likeness (QED) is 0.503. The number of nitrogens with zero attached hydrogens (tertiary/aromatic N) is 2. The summed E-state index contributed by atoms with van der Waals surface area (Å²) in [6.45, 7) is 4.06. The second kappa shape index (κ2) is 7.68. The zero-order chi connectivity index (χ0) is 22.4. The average molecular weight is 424 g/mol. The number of para-hydroxylation sites is 1. The van der Waals surface area contributed by atoms with Gasteiger partial charge in [-0.3, -0.25) is 9.59 Å². The lowest BCUT2D eigenvalue weighted by Crippen LogP contribution is -2.36. The summed E-state index contributed by atoms with van der Waals surface area (Å²) in [5, 5.41) is 4.04. The molecule has 160 valence electrons. The summed E-state index contributed by atoms with van der Waals surface area (Å²) in [5.41, 5.74) is 6.73. The first-order valence-electron chi connectivity index (χ1n) is 10.8. The van der Waals surface area contributed by atoms with Crippen LogP contribution in [0.1, 0.15) is 38.8 Å². The fourth-order valence-corrected chi connectivity index (χ4v) is 4.73. The molecule has 0 fully saturated rings.